The van der Waals surface area contributed by atoms with Crippen LogP contribution in [-0.2, 0) is 6.42 Å². The number of hydrogen-bond donors (Lipinski definition) is 1. The maximum Gasteiger partial charge on any atom is 0.227 e. The van der Waals surface area contributed by atoms with Gasteiger partial charge in [-0.3, -0.25) is 0 Å². The van der Waals surface area contributed by atoms with Crippen molar-refractivity contribution in [1.82, 2.24) is 19.9 Å². The van der Waals surface area contributed by atoms with Gasteiger partial charge in [-0.2, -0.15) is 4.98 Å². The summed E-state index contributed by atoms with van der Waals surface area (Å²) in [4.78, 5) is 22.5. The standard InChI is InChI=1S/C22H27N7/c1-18-17-20(23-10-5-9-19-7-3-2-4-8-19)27-22(26-18)29-15-13-28(14-16-29)21-24-11-6-12-25-21/h2-4,6-8,11-12,17H,5,9-10,13-16H2,1H3,(H,23,26,27). The fourth-order valence-electron chi connectivity index (χ4n) is 3.50. The lowest BCUT2D eigenvalue weighted by Gasteiger charge is -2.34. The summed E-state index contributed by atoms with van der Waals surface area (Å²) in [5.74, 6) is 2.48. The highest BCUT2D eigenvalue weighted by Crippen LogP contribution is 2.17. The number of aryl methyl sites for hydroxylation is 2. The van der Waals surface area contributed by atoms with Crippen molar-refractivity contribution in [3.8, 4) is 0 Å². The molecule has 0 unspecified atom stereocenters. The van der Waals surface area contributed by atoms with Crippen molar-refractivity contribution in [1.29, 1.82) is 0 Å². The number of rotatable bonds is 7. The highest BCUT2D eigenvalue weighted by molar-refractivity contribution is 5.45. The van der Waals surface area contributed by atoms with Crippen LogP contribution in [0.1, 0.15) is 17.7 Å². The Hall–Kier alpha value is -3.22. The van der Waals surface area contributed by atoms with Crippen LogP contribution in [0, 0.1) is 6.92 Å². The molecule has 7 nitrogen and oxygen atoms in total. The van der Waals surface area contributed by atoms with Gasteiger partial charge in [-0.1, -0.05) is 30.3 Å². The van der Waals surface area contributed by atoms with Gasteiger partial charge in [0.25, 0.3) is 0 Å². The largest absolute Gasteiger partial charge is 0.370 e. The predicted octanol–water partition coefficient (Wildman–Crippen LogP) is 2.95. The van der Waals surface area contributed by atoms with E-state index in [1.54, 1.807) is 12.4 Å². The SMILES string of the molecule is Cc1cc(NCCCc2ccccc2)nc(N2CCN(c3ncccn3)CC2)n1. The molecule has 1 N–H and O–H groups in total. The van der Waals surface area contributed by atoms with Gasteiger partial charge in [-0.05, 0) is 31.4 Å². The van der Waals surface area contributed by atoms with Crippen LogP contribution >= 0.6 is 0 Å². The molecular weight excluding hydrogens is 362 g/mol. The molecular formula is C22H27N7. The van der Waals surface area contributed by atoms with Gasteiger partial charge in [0.1, 0.15) is 5.82 Å². The third-order valence-corrected chi connectivity index (χ3v) is 5.03. The van der Waals surface area contributed by atoms with Crippen molar-refractivity contribution in [2.75, 3.05) is 47.8 Å². The van der Waals surface area contributed by atoms with E-state index in [9.17, 15) is 0 Å². The quantitative estimate of drug-likeness (QED) is 0.623. The first-order valence-corrected chi connectivity index (χ1v) is 10.2. The van der Waals surface area contributed by atoms with E-state index in [1.165, 1.54) is 5.56 Å². The summed E-state index contributed by atoms with van der Waals surface area (Å²) in [6.07, 6.45) is 5.70. The topological polar surface area (TPSA) is 70.1 Å². The average molecular weight is 390 g/mol. The van der Waals surface area contributed by atoms with E-state index in [1.807, 2.05) is 19.1 Å². The third-order valence-electron chi connectivity index (χ3n) is 5.03. The number of aromatic nitrogens is 4. The van der Waals surface area contributed by atoms with Gasteiger partial charge in [0, 0.05) is 56.9 Å². The Kier molecular flexibility index (Phi) is 6.14. The van der Waals surface area contributed by atoms with E-state index < -0.39 is 0 Å². The molecule has 3 heterocycles. The number of piperazine rings is 1. The second-order valence-corrected chi connectivity index (χ2v) is 7.23. The lowest BCUT2D eigenvalue weighted by molar-refractivity contribution is 0.627. The summed E-state index contributed by atoms with van der Waals surface area (Å²) in [5, 5.41) is 3.46. The summed E-state index contributed by atoms with van der Waals surface area (Å²) in [6, 6.07) is 14.4. The summed E-state index contributed by atoms with van der Waals surface area (Å²) < 4.78 is 0. The van der Waals surface area contributed by atoms with E-state index in [0.29, 0.717) is 0 Å². The lowest BCUT2D eigenvalue weighted by atomic mass is 10.1. The maximum absolute atomic E-state index is 4.75. The summed E-state index contributed by atoms with van der Waals surface area (Å²) in [5.41, 5.74) is 2.35. The Labute approximate surface area is 171 Å². The summed E-state index contributed by atoms with van der Waals surface area (Å²) >= 11 is 0. The Balaban J connectivity index is 1.31. The minimum Gasteiger partial charge on any atom is -0.370 e. The second-order valence-electron chi connectivity index (χ2n) is 7.23. The van der Waals surface area contributed by atoms with Crippen molar-refractivity contribution >= 4 is 17.7 Å². The van der Waals surface area contributed by atoms with Crippen molar-refractivity contribution in [2.24, 2.45) is 0 Å². The van der Waals surface area contributed by atoms with Gasteiger partial charge in [0.2, 0.25) is 11.9 Å². The van der Waals surface area contributed by atoms with Crippen LogP contribution < -0.4 is 15.1 Å². The highest BCUT2D eigenvalue weighted by Gasteiger charge is 2.21. The molecule has 0 spiro atoms. The predicted molar refractivity (Wildman–Crippen MR) is 116 cm³/mol. The molecule has 0 bridgehead atoms. The smallest absolute Gasteiger partial charge is 0.227 e. The lowest BCUT2D eigenvalue weighted by Crippen LogP contribution is -2.47. The normalized spacial score (nSPS) is 14.1. The maximum atomic E-state index is 4.75. The van der Waals surface area contributed by atoms with Gasteiger partial charge >= 0.3 is 0 Å². The molecule has 0 radical (unpaired) electrons. The first kappa shape index (κ1) is 19.1. The van der Waals surface area contributed by atoms with Crippen LogP contribution in [0.5, 0.6) is 0 Å². The van der Waals surface area contributed by atoms with Crippen LogP contribution in [0.3, 0.4) is 0 Å². The van der Waals surface area contributed by atoms with E-state index in [2.05, 4.69) is 60.4 Å². The van der Waals surface area contributed by atoms with Crippen LogP contribution in [0.2, 0.25) is 0 Å². The molecule has 3 aromatic rings. The van der Waals surface area contributed by atoms with Gasteiger partial charge in [-0.15, -0.1) is 0 Å². The van der Waals surface area contributed by atoms with Gasteiger partial charge < -0.3 is 15.1 Å². The van der Waals surface area contributed by atoms with Crippen LogP contribution in [-0.4, -0.2) is 52.7 Å². The van der Waals surface area contributed by atoms with Crippen molar-refractivity contribution < 1.29 is 0 Å². The minimum atomic E-state index is 0.790. The zero-order valence-electron chi connectivity index (χ0n) is 16.8. The van der Waals surface area contributed by atoms with Crippen molar-refractivity contribution in [3.05, 3.63) is 66.1 Å². The first-order valence-electron chi connectivity index (χ1n) is 10.2. The van der Waals surface area contributed by atoms with Gasteiger partial charge in [-0.25, -0.2) is 15.0 Å². The van der Waals surface area contributed by atoms with Crippen molar-refractivity contribution in [3.63, 3.8) is 0 Å². The van der Waals surface area contributed by atoms with E-state index in [-0.39, 0.29) is 0 Å². The zero-order valence-corrected chi connectivity index (χ0v) is 16.8. The molecule has 1 aliphatic heterocycles. The summed E-state index contributed by atoms with van der Waals surface area (Å²) in [6.45, 7) is 6.35. The molecule has 1 fully saturated rings. The van der Waals surface area contributed by atoms with Crippen LogP contribution in [0.25, 0.3) is 0 Å². The number of hydrogen-bond acceptors (Lipinski definition) is 7. The molecule has 29 heavy (non-hydrogen) atoms. The molecule has 4 rings (SSSR count). The Morgan fingerprint density at radius 2 is 1.55 bits per heavy atom. The molecule has 0 aliphatic carbocycles. The third kappa shape index (κ3) is 5.19. The number of nitrogens with one attached hydrogen (secondary N) is 1. The average Bonchev–Trinajstić information content (AvgIpc) is 2.78. The van der Waals surface area contributed by atoms with E-state index in [0.717, 1.165) is 69.0 Å². The first-order chi connectivity index (χ1) is 14.3. The molecule has 0 atom stereocenters. The van der Waals surface area contributed by atoms with Gasteiger partial charge in [0.05, 0.1) is 0 Å². The molecule has 150 valence electrons. The monoisotopic (exact) mass is 389 g/mol. The Bertz CT molecular complexity index is 894. The van der Waals surface area contributed by atoms with Crippen molar-refractivity contribution in [2.45, 2.75) is 19.8 Å². The number of anilines is 3. The number of nitrogens with zero attached hydrogens (tertiary/aromatic N) is 6. The zero-order chi connectivity index (χ0) is 19.9. The minimum absolute atomic E-state index is 0.790. The fourth-order valence-corrected chi connectivity index (χ4v) is 3.50. The molecule has 2 aromatic heterocycles. The van der Waals surface area contributed by atoms with Crippen LogP contribution in [0.4, 0.5) is 17.7 Å². The Morgan fingerprint density at radius 1 is 0.862 bits per heavy atom. The van der Waals surface area contributed by atoms with E-state index in [4.69, 9.17) is 4.98 Å². The summed E-state index contributed by atoms with van der Waals surface area (Å²) in [7, 11) is 0. The second kappa shape index (κ2) is 9.32. The molecule has 1 aliphatic rings. The molecule has 0 saturated carbocycles. The fraction of sp³-hybridized carbons (Fsp3) is 0.364. The molecule has 0 amide bonds. The highest BCUT2D eigenvalue weighted by atomic mass is 15.4. The van der Waals surface area contributed by atoms with E-state index >= 15 is 0 Å². The Morgan fingerprint density at radius 3 is 2.28 bits per heavy atom. The molecule has 1 aromatic carbocycles. The van der Waals surface area contributed by atoms with Crippen LogP contribution in [0.15, 0.2) is 54.9 Å². The molecule has 7 heteroatoms. The molecule has 1 saturated heterocycles. The number of benzene rings is 1. The van der Waals surface area contributed by atoms with Gasteiger partial charge in [0.15, 0.2) is 0 Å².